The van der Waals surface area contributed by atoms with Crippen LogP contribution in [0.2, 0.25) is 0 Å². The Morgan fingerprint density at radius 3 is 2.50 bits per heavy atom. The number of cyclic esters (lactones) is 1. The Hall–Kier alpha value is -2.09. The van der Waals surface area contributed by atoms with Crippen molar-refractivity contribution in [3.8, 4) is 0 Å². The lowest BCUT2D eigenvalue weighted by Gasteiger charge is -2.59. The van der Waals surface area contributed by atoms with Crippen LogP contribution >= 0.6 is 0 Å². The Morgan fingerprint density at radius 2 is 1.93 bits per heavy atom. The molecule has 1 aliphatic carbocycles. The average Bonchev–Trinajstić information content (AvgIpc) is 2.98. The Balaban J connectivity index is 1.18. The number of carbonyl (C=O) groups excluding carboxylic acids is 2. The van der Waals surface area contributed by atoms with Gasteiger partial charge in [-0.2, -0.15) is 0 Å². The van der Waals surface area contributed by atoms with E-state index >= 15 is 0 Å². The molecule has 0 bridgehead atoms. The van der Waals surface area contributed by atoms with Crippen molar-refractivity contribution in [2.24, 2.45) is 11.3 Å². The molecule has 0 unspecified atom stereocenters. The minimum atomic E-state index is -3.15. The van der Waals surface area contributed by atoms with Crippen LogP contribution in [0.1, 0.15) is 31.2 Å². The van der Waals surface area contributed by atoms with Crippen LogP contribution in [0.25, 0.3) is 0 Å². The van der Waals surface area contributed by atoms with Crippen LogP contribution in [0.5, 0.6) is 0 Å². The van der Waals surface area contributed by atoms with Gasteiger partial charge in [-0.25, -0.2) is 13.2 Å². The second kappa shape index (κ2) is 7.06. The first-order valence-corrected chi connectivity index (χ1v) is 11.6. The number of alkyl carbamates (subject to hydrolysis) is 1. The molecule has 1 saturated carbocycles. The van der Waals surface area contributed by atoms with Crippen molar-refractivity contribution in [3.05, 3.63) is 29.8 Å². The van der Waals surface area contributed by atoms with E-state index in [1.807, 2.05) is 17.0 Å². The third-order valence-corrected chi connectivity index (χ3v) is 7.30. The van der Waals surface area contributed by atoms with Gasteiger partial charge in [-0.1, -0.05) is 12.1 Å². The Kier molecular flexibility index (Phi) is 4.85. The molecule has 3 fully saturated rings. The van der Waals surface area contributed by atoms with E-state index in [9.17, 15) is 18.0 Å². The quantitative estimate of drug-likeness (QED) is 0.777. The van der Waals surface area contributed by atoms with Gasteiger partial charge in [0.2, 0.25) is 5.91 Å². The number of amides is 2. The number of nitrogens with one attached hydrogen (secondary N) is 1. The normalized spacial score (nSPS) is 23.7. The predicted molar refractivity (Wildman–Crippen MR) is 102 cm³/mol. The van der Waals surface area contributed by atoms with E-state index in [-0.39, 0.29) is 17.4 Å². The van der Waals surface area contributed by atoms with Crippen molar-refractivity contribution in [2.45, 2.75) is 43.0 Å². The fraction of sp³-hybridized carbons (Fsp3) is 0.600. The Morgan fingerprint density at radius 1 is 1.25 bits per heavy atom. The van der Waals surface area contributed by atoms with E-state index in [0.29, 0.717) is 30.3 Å². The first-order valence-electron chi connectivity index (χ1n) is 9.73. The summed E-state index contributed by atoms with van der Waals surface area (Å²) in [6.07, 6.45) is 5.10. The SMILES string of the molecule is CS(=O)(=O)c1ccc(CC2CC3(C2)CN(C(=O)CC[C@@H]2COC(=O)N2)C3)cc1. The molecular weight excluding hydrogens is 380 g/mol. The van der Waals surface area contributed by atoms with Crippen molar-refractivity contribution in [1.29, 1.82) is 0 Å². The molecule has 152 valence electrons. The van der Waals surface area contributed by atoms with Crippen molar-refractivity contribution in [1.82, 2.24) is 10.2 Å². The first-order chi connectivity index (χ1) is 13.2. The number of rotatable bonds is 6. The van der Waals surface area contributed by atoms with Gasteiger partial charge in [0.15, 0.2) is 9.84 Å². The number of sulfone groups is 1. The molecule has 2 amide bonds. The molecule has 2 aliphatic heterocycles. The summed E-state index contributed by atoms with van der Waals surface area (Å²) >= 11 is 0. The summed E-state index contributed by atoms with van der Waals surface area (Å²) in [7, 11) is -3.15. The van der Waals surface area contributed by atoms with Crippen molar-refractivity contribution < 1.29 is 22.7 Å². The molecule has 2 saturated heterocycles. The third-order valence-electron chi connectivity index (χ3n) is 6.17. The van der Waals surface area contributed by atoms with Crippen molar-refractivity contribution >= 4 is 21.8 Å². The van der Waals surface area contributed by atoms with Gasteiger partial charge < -0.3 is 15.0 Å². The standard InChI is InChI=1S/C20H26N2O5S/c1-28(25,26)17-5-2-14(3-6-17)8-15-9-20(10-15)12-22(13-20)18(23)7-4-16-11-27-19(24)21-16/h2-3,5-6,15-16H,4,7-13H2,1H3,(H,21,24)/t16-/m1/s1. The van der Waals surface area contributed by atoms with E-state index in [2.05, 4.69) is 5.32 Å². The highest BCUT2D eigenvalue weighted by Crippen LogP contribution is 2.53. The molecule has 1 spiro atoms. The number of nitrogens with zero attached hydrogens (tertiary/aromatic N) is 1. The Bertz CT molecular complexity index is 866. The maximum absolute atomic E-state index is 12.3. The highest BCUT2D eigenvalue weighted by Gasteiger charge is 2.53. The van der Waals surface area contributed by atoms with Gasteiger partial charge in [0.25, 0.3) is 0 Å². The zero-order valence-corrected chi connectivity index (χ0v) is 16.8. The average molecular weight is 407 g/mol. The molecule has 8 heteroatoms. The van der Waals surface area contributed by atoms with E-state index in [4.69, 9.17) is 4.74 Å². The smallest absolute Gasteiger partial charge is 0.407 e. The van der Waals surface area contributed by atoms with E-state index in [1.54, 1.807) is 12.1 Å². The fourth-order valence-corrected chi connectivity index (χ4v) is 5.38. The topological polar surface area (TPSA) is 92.8 Å². The van der Waals surface area contributed by atoms with Gasteiger partial charge in [-0.15, -0.1) is 0 Å². The number of likely N-dealkylation sites (tertiary alicyclic amines) is 1. The van der Waals surface area contributed by atoms with Crippen molar-refractivity contribution in [3.63, 3.8) is 0 Å². The summed E-state index contributed by atoms with van der Waals surface area (Å²) < 4.78 is 27.9. The Labute approximate surface area is 165 Å². The summed E-state index contributed by atoms with van der Waals surface area (Å²) in [6, 6.07) is 7.13. The number of ether oxygens (including phenoxy) is 1. The summed E-state index contributed by atoms with van der Waals surface area (Å²) in [4.78, 5) is 25.6. The van der Waals surface area contributed by atoms with Crippen LogP contribution in [-0.2, 0) is 25.8 Å². The minimum Gasteiger partial charge on any atom is -0.447 e. The van der Waals surface area contributed by atoms with Crippen LogP contribution in [0.4, 0.5) is 4.79 Å². The second-order valence-electron chi connectivity index (χ2n) is 8.62. The lowest BCUT2D eigenvalue weighted by Crippen LogP contribution is -2.64. The molecule has 1 aromatic carbocycles. The molecule has 1 atom stereocenters. The maximum atomic E-state index is 12.3. The van der Waals surface area contributed by atoms with Crippen molar-refractivity contribution in [2.75, 3.05) is 26.0 Å². The van der Waals surface area contributed by atoms with Gasteiger partial charge in [0.05, 0.1) is 10.9 Å². The van der Waals surface area contributed by atoms with Crippen LogP contribution in [0.15, 0.2) is 29.2 Å². The van der Waals surface area contributed by atoms with Gasteiger partial charge in [-0.3, -0.25) is 4.79 Å². The predicted octanol–water partition coefficient (Wildman–Crippen LogP) is 1.76. The van der Waals surface area contributed by atoms with Crippen LogP contribution < -0.4 is 5.32 Å². The summed E-state index contributed by atoms with van der Waals surface area (Å²) in [5.74, 6) is 0.763. The third kappa shape index (κ3) is 4.01. The van der Waals surface area contributed by atoms with Crippen LogP contribution in [-0.4, -0.2) is 57.3 Å². The lowest BCUT2D eigenvalue weighted by molar-refractivity contribution is -0.155. The van der Waals surface area contributed by atoms with Crippen LogP contribution in [0, 0.1) is 11.3 Å². The number of hydrogen-bond donors (Lipinski definition) is 1. The minimum absolute atomic E-state index is 0.0474. The van der Waals surface area contributed by atoms with Gasteiger partial charge >= 0.3 is 6.09 Å². The van der Waals surface area contributed by atoms with E-state index in [1.165, 1.54) is 11.8 Å². The largest absolute Gasteiger partial charge is 0.447 e. The monoisotopic (exact) mass is 406 g/mol. The molecule has 28 heavy (non-hydrogen) atoms. The summed E-state index contributed by atoms with van der Waals surface area (Å²) in [5, 5.41) is 2.70. The highest BCUT2D eigenvalue weighted by molar-refractivity contribution is 7.90. The van der Waals surface area contributed by atoms with E-state index < -0.39 is 15.9 Å². The van der Waals surface area contributed by atoms with Gasteiger partial charge in [0.1, 0.15) is 6.61 Å². The molecule has 1 N–H and O–H groups in total. The molecular formula is C20H26N2O5S. The molecule has 0 radical (unpaired) electrons. The molecule has 4 rings (SSSR count). The second-order valence-corrected chi connectivity index (χ2v) is 10.6. The molecule has 3 aliphatic rings. The zero-order valence-electron chi connectivity index (χ0n) is 16.0. The van der Waals surface area contributed by atoms with Gasteiger partial charge in [0, 0.05) is 31.2 Å². The van der Waals surface area contributed by atoms with Crippen LogP contribution in [0.3, 0.4) is 0 Å². The molecule has 1 aromatic rings. The zero-order chi connectivity index (χ0) is 19.9. The van der Waals surface area contributed by atoms with Gasteiger partial charge in [-0.05, 0) is 49.3 Å². The number of benzene rings is 1. The van der Waals surface area contributed by atoms with E-state index in [0.717, 1.165) is 32.4 Å². The number of carbonyl (C=O) groups is 2. The number of hydrogen-bond acceptors (Lipinski definition) is 5. The fourth-order valence-electron chi connectivity index (χ4n) is 4.75. The first kappa shape index (κ1) is 19.2. The molecule has 2 heterocycles. The lowest BCUT2D eigenvalue weighted by atomic mass is 9.56. The summed E-state index contributed by atoms with van der Waals surface area (Å²) in [6.45, 7) is 2.02. The maximum Gasteiger partial charge on any atom is 0.407 e. The molecule has 7 nitrogen and oxygen atoms in total. The summed E-state index contributed by atoms with van der Waals surface area (Å²) in [5.41, 5.74) is 1.46. The highest BCUT2D eigenvalue weighted by atomic mass is 32.2. The molecule has 0 aromatic heterocycles.